The third-order valence-electron chi connectivity index (χ3n) is 4.37. The SMILES string of the molecule is C=CCOC1CC2CC1C1CC=CC21. The summed E-state index contributed by atoms with van der Waals surface area (Å²) in [4.78, 5) is 0. The Morgan fingerprint density at radius 1 is 1.36 bits per heavy atom. The summed E-state index contributed by atoms with van der Waals surface area (Å²) >= 11 is 0. The molecule has 76 valence electrons. The molecule has 0 saturated heterocycles. The van der Waals surface area contributed by atoms with Crippen LogP contribution < -0.4 is 0 Å². The third-order valence-corrected chi connectivity index (χ3v) is 4.37. The summed E-state index contributed by atoms with van der Waals surface area (Å²) in [6.07, 6.45) is 11.3. The second kappa shape index (κ2) is 3.23. The Labute approximate surface area is 85.8 Å². The summed E-state index contributed by atoms with van der Waals surface area (Å²) in [6.45, 7) is 4.45. The smallest absolute Gasteiger partial charge is 0.0648 e. The van der Waals surface area contributed by atoms with E-state index < -0.39 is 0 Å². The first-order valence-electron chi connectivity index (χ1n) is 5.79. The average molecular weight is 190 g/mol. The zero-order chi connectivity index (χ0) is 9.54. The van der Waals surface area contributed by atoms with Crippen LogP contribution >= 0.6 is 0 Å². The molecule has 1 heteroatoms. The Kier molecular flexibility index (Phi) is 2.01. The molecule has 3 aliphatic carbocycles. The first-order valence-corrected chi connectivity index (χ1v) is 5.79. The number of hydrogen-bond acceptors (Lipinski definition) is 1. The fourth-order valence-electron chi connectivity index (χ4n) is 3.88. The number of rotatable bonds is 3. The fraction of sp³-hybridized carbons (Fsp3) is 0.692. The highest BCUT2D eigenvalue weighted by molar-refractivity contribution is 5.14. The topological polar surface area (TPSA) is 9.23 Å². The molecule has 0 spiro atoms. The predicted molar refractivity (Wildman–Crippen MR) is 56.9 cm³/mol. The maximum atomic E-state index is 5.85. The predicted octanol–water partition coefficient (Wildman–Crippen LogP) is 2.79. The summed E-state index contributed by atoms with van der Waals surface area (Å²) in [5.74, 6) is 3.60. The van der Waals surface area contributed by atoms with Gasteiger partial charge in [0, 0.05) is 0 Å². The average Bonchev–Trinajstić information content (AvgIpc) is 2.85. The zero-order valence-corrected chi connectivity index (χ0v) is 8.56. The lowest BCUT2D eigenvalue weighted by molar-refractivity contribution is 0.00693. The molecule has 0 heterocycles. The first kappa shape index (κ1) is 8.72. The molecule has 14 heavy (non-hydrogen) atoms. The Hall–Kier alpha value is -0.560. The van der Waals surface area contributed by atoms with Crippen LogP contribution in [0.3, 0.4) is 0 Å². The minimum atomic E-state index is 0.541. The van der Waals surface area contributed by atoms with Crippen LogP contribution in [0, 0.1) is 23.7 Å². The lowest BCUT2D eigenvalue weighted by atomic mass is 9.80. The van der Waals surface area contributed by atoms with Gasteiger partial charge in [0.15, 0.2) is 0 Å². The molecule has 2 saturated carbocycles. The maximum absolute atomic E-state index is 5.85. The molecule has 5 unspecified atom stereocenters. The van der Waals surface area contributed by atoms with Gasteiger partial charge >= 0.3 is 0 Å². The van der Waals surface area contributed by atoms with E-state index in [1.54, 1.807) is 0 Å². The van der Waals surface area contributed by atoms with Gasteiger partial charge in [-0.15, -0.1) is 6.58 Å². The lowest BCUT2D eigenvalue weighted by Crippen LogP contribution is -2.30. The van der Waals surface area contributed by atoms with Gasteiger partial charge in [-0.1, -0.05) is 18.2 Å². The molecule has 3 rings (SSSR count). The normalized spacial score (nSPS) is 48.4. The van der Waals surface area contributed by atoms with Gasteiger partial charge in [0.2, 0.25) is 0 Å². The highest BCUT2D eigenvalue weighted by Gasteiger charge is 2.52. The van der Waals surface area contributed by atoms with Crippen molar-refractivity contribution in [2.75, 3.05) is 6.61 Å². The molecule has 0 amide bonds. The lowest BCUT2D eigenvalue weighted by Gasteiger charge is -2.31. The minimum absolute atomic E-state index is 0.541. The van der Waals surface area contributed by atoms with Crippen LogP contribution in [-0.4, -0.2) is 12.7 Å². The van der Waals surface area contributed by atoms with Crippen molar-refractivity contribution in [3.8, 4) is 0 Å². The van der Waals surface area contributed by atoms with E-state index in [-0.39, 0.29) is 0 Å². The number of hydrogen-bond donors (Lipinski definition) is 0. The van der Waals surface area contributed by atoms with E-state index >= 15 is 0 Å². The molecule has 1 nitrogen and oxygen atoms in total. The van der Waals surface area contributed by atoms with Crippen molar-refractivity contribution in [1.29, 1.82) is 0 Å². The van der Waals surface area contributed by atoms with Crippen LogP contribution in [-0.2, 0) is 4.74 Å². The van der Waals surface area contributed by atoms with Crippen LogP contribution in [0.5, 0.6) is 0 Å². The van der Waals surface area contributed by atoms with Crippen molar-refractivity contribution < 1.29 is 4.74 Å². The molecule has 5 atom stereocenters. The second-order valence-electron chi connectivity index (χ2n) is 4.96. The zero-order valence-electron chi connectivity index (χ0n) is 8.56. The van der Waals surface area contributed by atoms with Crippen LogP contribution in [0.4, 0.5) is 0 Å². The summed E-state index contributed by atoms with van der Waals surface area (Å²) in [7, 11) is 0. The van der Waals surface area contributed by atoms with Crippen molar-refractivity contribution in [1.82, 2.24) is 0 Å². The van der Waals surface area contributed by atoms with E-state index in [1.165, 1.54) is 19.3 Å². The molecule has 2 fully saturated rings. The standard InChI is InChI=1S/C13H18O/c1-2-6-14-13-8-9-7-12(13)11-5-3-4-10(9)11/h2-4,9-13H,1,5-8H2. The van der Waals surface area contributed by atoms with Crippen molar-refractivity contribution in [3.05, 3.63) is 24.8 Å². The summed E-state index contributed by atoms with van der Waals surface area (Å²) in [5, 5.41) is 0. The monoisotopic (exact) mass is 190 g/mol. The summed E-state index contributed by atoms with van der Waals surface area (Å²) in [5.41, 5.74) is 0. The van der Waals surface area contributed by atoms with E-state index in [2.05, 4.69) is 18.7 Å². The van der Waals surface area contributed by atoms with Crippen LogP contribution in [0.2, 0.25) is 0 Å². The van der Waals surface area contributed by atoms with Gasteiger partial charge in [-0.25, -0.2) is 0 Å². The van der Waals surface area contributed by atoms with Gasteiger partial charge in [0.25, 0.3) is 0 Å². The number of allylic oxidation sites excluding steroid dienone is 2. The van der Waals surface area contributed by atoms with Crippen molar-refractivity contribution >= 4 is 0 Å². The van der Waals surface area contributed by atoms with Crippen molar-refractivity contribution in [2.45, 2.75) is 25.4 Å². The van der Waals surface area contributed by atoms with E-state index in [0.717, 1.165) is 30.3 Å². The minimum Gasteiger partial charge on any atom is -0.374 e. The van der Waals surface area contributed by atoms with Crippen molar-refractivity contribution in [2.24, 2.45) is 23.7 Å². The quantitative estimate of drug-likeness (QED) is 0.622. The van der Waals surface area contributed by atoms with Crippen LogP contribution in [0.1, 0.15) is 19.3 Å². The van der Waals surface area contributed by atoms with Gasteiger partial charge in [-0.3, -0.25) is 0 Å². The van der Waals surface area contributed by atoms with Crippen LogP contribution in [0.25, 0.3) is 0 Å². The molecule has 0 aliphatic heterocycles. The third kappa shape index (κ3) is 1.12. The molecular formula is C13H18O. The Morgan fingerprint density at radius 2 is 2.29 bits per heavy atom. The van der Waals surface area contributed by atoms with E-state index in [0.29, 0.717) is 6.10 Å². The summed E-state index contributed by atoms with van der Waals surface area (Å²) < 4.78 is 5.85. The second-order valence-corrected chi connectivity index (χ2v) is 4.96. The Bertz CT molecular complexity index is 268. The Balaban J connectivity index is 1.69. The Morgan fingerprint density at radius 3 is 3.14 bits per heavy atom. The molecule has 0 aromatic heterocycles. The maximum Gasteiger partial charge on any atom is 0.0648 e. The number of ether oxygens (including phenoxy) is 1. The van der Waals surface area contributed by atoms with Gasteiger partial charge in [-0.2, -0.15) is 0 Å². The number of fused-ring (bicyclic) bond motifs is 5. The van der Waals surface area contributed by atoms with E-state index in [4.69, 9.17) is 4.74 Å². The molecule has 0 N–H and O–H groups in total. The molecule has 3 aliphatic rings. The van der Waals surface area contributed by atoms with Crippen LogP contribution in [0.15, 0.2) is 24.8 Å². The molecule has 0 aromatic rings. The largest absolute Gasteiger partial charge is 0.374 e. The highest BCUT2D eigenvalue weighted by Crippen LogP contribution is 2.57. The summed E-state index contributed by atoms with van der Waals surface area (Å²) in [6, 6.07) is 0. The van der Waals surface area contributed by atoms with Gasteiger partial charge in [-0.05, 0) is 42.9 Å². The van der Waals surface area contributed by atoms with Crippen molar-refractivity contribution in [3.63, 3.8) is 0 Å². The molecule has 2 bridgehead atoms. The molecule has 0 radical (unpaired) electrons. The molecular weight excluding hydrogens is 172 g/mol. The van der Waals surface area contributed by atoms with Gasteiger partial charge in [0.1, 0.15) is 0 Å². The highest BCUT2D eigenvalue weighted by atomic mass is 16.5. The van der Waals surface area contributed by atoms with Gasteiger partial charge < -0.3 is 4.74 Å². The van der Waals surface area contributed by atoms with Gasteiger partial charge in [0.05, 0.1) is 12.7 Å². The first-order chi connectivity index (χ1) is 6.90. The van der Waals surface area contributed by atoms with E-state index in [1.807, 2.05) is 6.08 Å². The molecule has 0 aromatic carbocycles. The van der Waals surface area contributed by atoms with E-state index in [9.17, 15) is 0 Å². The fourth-order valence-corrected chi connectivity index (χ4v) is 3.88.